The van der Waals surface area contributed by atoms with E-state index in [0.29, 0.717) is 30.6 Å². The zero-order chi connectivity index (χ0) is 17.8. The van der Waals surface area contributed by atoms with Crippen LogP contribution in [0.5, 0.6) is 0 Å². The summed E-state index contributed by atoms with van der Waals surface area (Å²) in [7, 11) is 0. The van der Waals surface area contributed by atoms with E-state index in [0.717, 1.165) is 29.8 Å². The fourth-order valence-electron chi connectivity index (χ4n) is 2.92. The van der Waals surface area contributed by atoms with Crippen LogP contribution in [0, 0.1) is 0 Å². The first kappa shape index (κ1) is 17.6. The average molecular weight is 360 g/mol. The van der Waals surface area contributed by atoms with Crippen molar-refractivity contribution in [3.63, 3.8) is 0 Å². The van der Waals surface area contributed by atoms with Crippen LogP contribution in [0.1, 0.15) is 30.8 Å². The number of rotatable bonds is 5. The molecule has 0 aliphatic carbocycles. The first-order chi connectivity index (χ1) is 12.1. The second-order valence-electron chi connectivity index (χ2n) is 6.08. The van der Waals surface area contributed by atoms with Gasteiger partial charge in [-0.05, 0) is 30.5 Å². The highest BCUT2D eigenvalue weighted by atomic mass is 35.5. The van der Waals surface area contributed by atoms with Gasteiger partial charge in [-0.1, -0.05) is 37.6 Å². The van der Waals surface area contributed by atoms with Gasteiger partial charge in [-0.3, -0.25) is 4.79 Å². The van der Waals surface area contributed by atoms with E-state index in [2.05, 4.69) is 22.1 Å². The zero-order valence-electron chi connectivity index (χ0n) is 14.6. The van der Waals surface area contributed by atoms with Crippen molar-refractivity contribution in [2.24, 2.45) is 0 Å². The van der Waals surface area contributed by atoms with Gasteiger partial charge in [0.2, 0.25) is 11.9 Å². The molecule has 3 rings (SSSR count). The highest BCUT2D eigenvalue weighted by molar-refractivity contribution is 6.30. The van der Waals surface area contributed by atoms with Crippen LogP contribution in [0.15, 0.2) is 24.3 Å². The van der Waals surface area contributed by atoms with Crippen molar-refractivity contribution in [1.82, 2.24) is 20.1 Å². The van der Waals surface area contributed by atoms with E-state index in [1.165, 1.54) is 0 Å². The quantitative estimate of drug-likeness (QED) is 0.820. The van der Waals surface area contributed by atoms with Crippen LogP contribution >= 0.6 is 11.6 Å². The van der Waals surface area contributed by atoms with Crippen molar-refractivity contribution >= 4 is 23.5 Å². The molecule has 0 N–H and O–H groups in total. The third-order valence-corrected chi connectivity index (χ3v) is 4.64. The number of amides is 1. The van der Waals surface area contributed by atoms with Crippen LogP contribution in [-0.4, -0.2) is 45.6 Å². The highest BCUT2D eigenvalue weighted by Crippen LogP contribution is 2.17. The Kier molecular flexibility index (Phi) is 5.48. The third kappa shape index (κ3) is 4.07. The lowest BCUT2D eigenvalue weighted by Crippen LogP contribution is -2.50. The second-order valence-corrected chi connectivity index (χ2v) is 6.51. The van der Waals surface area contributed by atoms with Crippen molar-refractivity contribution in [3.8, 4) is 0 Å². The van der Waals surface area contributed by atoms with E-state index in [-0.39, 0.29) is 12.5 Å². The maximum absolute atomic E-state index is 12.5. The molecule has 1 aliphatic heterocycles. The van der Waals surface area contributed by atoms with E-state index in [1.54, 1.807) is 0 Å². The van der Waals surface area contributed by atoms with Crippen molar-refractivity contribution in [1.29, 1.82) is 0 Å². The molecular weight excluding hydrogens is 338 g/mol. The largest absolute Gasteiger partial charge is 0.335 e. The molecule has 0 saturated carbocycles. The van der Waals surface area contributed by atoms with Gasteiger partial charge in [0.15, 0.2) is 0 Å². The molecule has 0 atom stereocenters. The number of carbonyl (C=O) groups excluding carboxylic acids is 1. The van der Waals surface area contributed by atoms with Crippen molar-refractivity contribution in [3.05, 3.63) is 46.2 Å². The predicted octanol–water partition coefficient (Wildman–Crippen LogP) is 2.50. The van der Waals surface area contributed by atoms with Gasteiger partial charge in [0.25, 0.3) is 0 Å². The number of hydrogen-bond acceptors (Lipinski definition) is 5. The summed E-state index contributed by atoms with van der Waals surface area (Å²) in [6.07, 6.45) is 1.63. The topological polar surface area (TPSA) is 62.2 Å². The van der Waals surface area contributed by atoms with Crippen molar-refractivity contribution < 1.29 is 4.79 Å². The standard InChI is InChI=1S/C18H22ClN5O/c1-3-15-16(4-2)21-22-18(20-15)24-10-9-23(17(25)12-24)11-13-5-7-14(19)8-6-13/h5-8H,3-4,9-12H2,1-2H3. The summed E-state index contributed by atoms with van der Waals surface area (Å²) < 4.78 is 0. The van der Waals surface area contributed by atoms with E-state index in [9.17, 15) is 4.79 Å². The molecule has 132 valence electrons. The molecule has 1 saturated heterocycles. The SMILES string of the molecule is CCc1nnc(N2CCN(Cc3ccc(Cl)cc3)C(=O)C2)nc1CC. The Morgan fingerprint density at radius 2 is 1.76 bits per heavy atom. The molecule has 2 aromatic rings. The minimum absolute atomic E-state index is 0.0717. The lowest BCUT2D eigenvalue weighted by Gasteiger charge is -2.34. The number of nitrogens with zero attached hydrogens (tertiary/aromatic N) is 5. The van der Waals surface area contributed by atoms with E-state index >= 15 is 0 Å². The van der Waals surface area contributed by atoms with Gasteiger partial charge in [0, 0.05) is 24.7 Å². The summed E-state index contributed by atoms with van der Waals surface area (Å²) in [5.74, 6) is 0.621. The summed E-state index contributed by atoms with van der Waals surface area (Å²) in [6.45, 7) is 6.32. The molecule has 7 heteroatoms. The Morgan fingerprint density at radius 1 is 1.04 bits per heavy atom. The van der Waals surface area contributed by atoms with Crippen LogP contribution < -0.4 is 4.90 Å². The monoisotopic (exact) mass is 359 g/mol. The van der Waals surface area contributed by atoms with Crippen molar-refractivity contribution in [2.45, 2.75) is 33.2 Å². The fourth-order valence-corrected chi connectivity index (χ4v) is 3.04. The molecule has 0 bridgehead atoms. The smallest absolute Gasteiger partial charge is 0.246 e. The first-order valence-corrected chi connectivity index (χ1v) is 8.98. The third-order valence-electron chi connectivity index (χ3n) is 4.39. The summed E-state index contributed by atoms with van der Waals surface area (Å²) >= 11 is 5.91. The maximum atomic E-state index is 12.5. The molecule has 1 aromatic carbocycles. The minimum atomic E-state index is 0.0717. The Bertz CT molecular complexity index is 750. The van der Waals surface area contributed by atoms with Gasteiger partial charge in [-0.2, -0.15) is 5.10 Å². The highest BCUT2D eigenvalue weighted by Gasteiger charge is 2.26. The van der Waals surface area contributed by atoms with Crippen LogP contribution in [0.4, 0.5) is 5.95 Å². The van der Waals surface area contributed by atoms with Gasteiger partial charge < -0.3 is 9.80 Å². The Balaban J connectivity index is 1.67. The summed E-state index contributed by atoms with van der Waals surface area (Å²) in [5.41, 5.74) is 2.96. The lowest BCUT2D eigenvalue weighted by molar-refractivity contribution is -0.131. The zero-order valence-corrected chi connectivity index (χ0v) is 15.3. The Labute approximate surface area is 152 Å². The predicted molar refractivity (Wildman–Crippen MR) is 97.7 cm³/mol. The average Bonchev–Trinajstić information content (AvgIpc) is 2.64. The number of carbonyl (C=O) groups is 1. The second kappa shape index (κ2) is 7.78. The number of aromatic nitrogens is 3. The molecule has 0 unspecified atom stereocenters. The summed E-state index contributed by atoms with van der Waals surface area (Å²) in [5, 5.41) is 9.19. The number of hydrogen-bond donors (Lipinski definition) is 0. The lowest BCUT2D eigenvalue weighted by atomic mass is 10.2. The fraction of sp³-hybridized carbons (Fsp3) is 0.444. The van der Waals surface area contributed by atoms with Crippen LogP contribution in [0.25, 0.3) is 0 Å². The molecule has 1 aromatic heterocycles. The molecule has 0 radical (unpaired) electrons. The summed E-state index contributed by atoms with van der Waals surface area (Å²) in [4.78, 5) is 20.9. The molecule has 0 spiro atoms. The van der Waals surface area contributed by atoms with E-state index in [1.807, 2.05) is 41.0 Å². The van der Waals surface area contributed by atoms with Crippen LogP contribution in [-0.2, 0) is 24.2 Å². The van der Waals surface area contributed by atoms with Gasteiger partial charge >= 0.3 is 0 Å². The molecule has 6 nitrogen and oxygen atoms in total. The van der Waals surface area contributed by atoms with Gasteiger partial charge in [0.1, 0.15) is 6.54 Å². The van der Waals surface area contributed by atoms with E-state index in [4.69, 9.17) is 11.6 Å². The Hall–Kier alpha value is -2.21. The number of piperazine rings is 1. The van der Waals surface area contributed by atoms with Gasteiger partial charge in [-0.15, -0.1) is 5.10 Å². The van der Waals surface area contributed by atoms with Gasteiger partial charge in [0.05, 0.1) is 11.4 Å². The Morgan fingerprint density at radius 3 is 2.40 bits per heavy atom. The van der Waals surface area contributed by atoms with E-state index < -0.39 is 0 Å². The normalized spacial score (nSPS) is 14.9. The molecule has 25 heavy (non-hydrogen) atoms. The number of halogens is 1. The first-order valence-electron chi connectivity index (χ1n) is 8.60. The number of benzene rings is 1. The number of aryl methyl sites for hydroxylation is 2. The molecule has 1 fully saturated rings. The summed E-state index contributed by atoms with van der Waals surface area (Å²) in [6, 6.07) is 7.59. The maximum Gasteiger partial charge on any atom is 0.246 e. The minimum Gasteiger partial charge on any atom is -0.335 e. The molecule has 1 aliphatic rings. The molecular formula is C18H22ClN5O. The van der Waals surface area contributed by atoms with Crippen LogP contribution in [0.3, 0.4) is 0 Å². The number of anilines is 1. The molecule has 2 heterocycles. The molecule has 1 amide bonds. The van der Waals surface area contributed by atoms with Gasteiger partial charge in [-0.25, -0.2) is 4.98 Å². The van der Waals surface area contributed by atoms with Crippen molar-refractivity contribution in [2.75, 3.05) is 24.5 Å². The van der Waals surface area contributed by atoms with Crippen LogP contribution in [0.2, 0.25) is 5.02 Å².